The Morgan fingerprint density at radius 2 is 1.82 bits per heavy atom. The molecule has 17 heavy (non-hydrogen) atoms. The summed E-state index contributed by atoms with van der Waals surface area (Å²) in [5.74, 6) is 0. The van der Waals surface area contributed by atoms with Crippen LogP contribution in [0.4, 0.5) is 11.4 Å². The minimum atomic E-state index is 0.273. The minimum absolute atomic E-state index is 0.273. The molecule has 0 N–H and O–H groups in total. The summed E-state index contributed by atoms with van der Waals surface area (Å²) in [6.07, 6.45) is 2.25. The fraction of sp³-hybridized carbons (Fsp3) is 0. The van der Waals surface area contributed by atoms with E-state index >= 15 is 0 Å². The predicted molar refractivity (Wildman–Crippen MR) is 68.9 cm³/mol. The lowest BCUT2D eigenvalue weighted by Crippen LogP contribution is -2.14. The van der Waals surface area contributed by atoms with E-state index in [9.17, 15) is 4.79 Å². The van der Waals surface area contributed by atoms with Crippen molar-refractivity contribution in [2.24, 2.45) is 0 Å². The van der Waals surface area contributed by atoms with Crippen LogP contribution < -0.4 is 4.90 Å². The molecule has 0 fully saturated rings. The third kappa shape index (κ3) is 2.57. The number of pyridine rings is 1. The normalized spacial score (nSPS) is 10.0. The molecule has 0 saturated carbocycles. The molecule has 1 heterocycles. The zero-order valence-corrected chi connectivity index (χ0v) is 10.2. The van der Waals surface area contributed by atoms with Crippen molar-refractivity contribution in [2.45, 2.75) is 0 Å². The Morgan fingerprint density at radius 1 is 1.12 bits per heavy atom. The molecule has 0 bridgehead atoms. The molecule has 0 radical (unpaired) electrons. The van der Waals surface area contributed by atoms with Gasteiger partial charge in [0.25, 0.3) is 0 Å². The Morgan fingerprint density at radius 3 is 2.41 bits per heavy atom. The largest absolute Gasteiger partial charge is 0.281 e. The second kappa shape index (κ2) is 5.17. The van der Waals surface area contributed by atoms with Crippen LogP contribution in [0.15, 0.2) is 42.6 Å². The maximum absolute atomic E-state index is 11.1. The molecule has 0 atom stereocenters. The molecule has 0 saturated heterocycles. The van der Waals surface area contributed by atoms with Crippen LogP contribution >= 0.6 is 23.2 Å². The first-order valence-corrected chi connectivity index (χ1v) is 5.58. The summed E-state index contributed by atoms with van der Waals surface area (Å²) in [6, 6.07) is 10.3. The molecule has 1 amide bonds. The van der Waals surface area contributed by atoms with Gasteiger partial charge in [-0.15, -0.1) is 0 Å². The van der Waals surface area contributed by atoms with E-state index in [-0.39, 0.29) is 5.15 Å². The molecule has 3 nitrogen and oxygen atoms in total. The SMILES string of the molecule is O=CN(c1ccc(Cl)cc1)c1cccnc1Cl. The van der Waals surface area contributed by atoms with Gasteiger partial charge < -0.3 is 0 Å². The molecule has 2 rings (SSSR count). The maximum Gasteiger partial charge on any atom is 0.218 e. The fourth-order valence-electron chi connectivity index (χ4n) is 1.42. The van der Waals surface area contributed by atoms with Crippen molar-refractivity contribution in [2.75, 3.05) is 4.90 Å². The van der Waals surface area contributed by atoms with Crippen molar-refractivity contribution in [3.8, 4) is 0 Å². The highest BCUT2D eigenvalue weighted by molar-refractivity contribution is 6.32. The van der Waals surface area contributed by atoms with E-state index in [0.717, 1.165) is 0 Å². The number of hydrogen-bond acceptors (Lipinski definition) is 2. The molecule has 2 aromatic rings. The van der Waals surface area contributed by atoms with E-state index in [1.807, 2.05) is 0 Å². The van der Waals surface area contributed by atoms with E-state index in [2.05, 4.69) is 4.98 Å². The van der Waals surface area contributed by atoms with Crippen molar-refractivity contribution in [3.05, 3.63) is 52.8 Å². The number of amides is 1. The van der Waals surface area contributed by atoms with E-state index in [4.69, 9.17) is 23.2 Å². The van der Waals surface area contributed by atoms with Crippen molar-refractivity contribution < 1.29 is 4.79 Å². The Balaban J connectivity index is 2.44. The van der Waals surface area contributed by atoms with Gasteiger partial charge in [0.15, 0.2) is 5.15 Å². The number of anilines is 2. The van der Waals surface area contributed by atoms with E-state index < -0.39 is 0 Å². The van der Waals surface area contributed by atoms with Crippen LogP contribution in [0.2, 0.25) is 10.2 Å². The van der Waals surface area contributed by atoms with Crippen LogP contribution in [-0.4, -0.2) is 11.4 Å². The van der Waals surface area contributed by atoms with Crippen molar-refractivity contribution in [1.82, 2.24) is 4.98 Å². The lowest BCUT2D eigenvalue weighted by molar-refractivity contribution is -0.106. The van der Waals surface area contributed by atoms with Crippen molar-refractivity contribution in [1.29, 1.82) is 0 Å². The monoisotopic (exact) mass is 266 g/mol. The van der Waals surface area contributed by atoms with Crippen LogP contribution in [0.3, 0.4) is 0 Å². The van der Waals surface area contributed by atoms with Crippen LogP contribution in [0.5, 0.6) is 0 Å². The van der Waals surface area contributed by atoms with Gasteiger partial charge in [0.1, 0.15) is 0 Å². The Kier molecular flexibility index (Phi) is 3.61. The first kappa shape index (κ1) is 11.9. The average molecular weight is 267 g/mol. The average Bonchev–Trinajstić information content (AvgIpc) is 2.35. The molecule has 5 heteroatoms. The highest BCUT2D eigenvalue weighted by atomic mass is 35.5. The van der Waals surface area contributed by atoms with Crippen molar-refractivity contribution in [3.63, 3.8) is 0 Å². The Bertz CT molecular complexity index is 528. The van der Waals surface area contributed by atoms with Gasteiger partial charge >= 0.3 is 0 Å². The van der Waals surface area contributed by atoms with Gasteiger partial charge in [0.05, 0.1) is 5.69 Å². The number of carbonyl (C=O) groups is 1. The maximum atomic E-state index is 11.1. The Hall–Kier alpha value is -1.58. The van der Waals surface area contributed by atoms with Gasteiger partial charge in [-0.3, -0.25) is 9.69 Å². The summed E-state index contributed by atoms with van der Waals surface area (Å²) < 4.78 is 0. The highest BCUT2D eigenvalue weighted by Crippen LogP contribution is 2.29. The quantitative estimate of drug-likeness (QED) is 0.627. The molecule has 1 aromatic carbocycles. The second-order valence-electron chi connectivity index (χ2n) is 3.27. The molecule has 0 unspecified atom stereocenters. The van der Waals surface area contributed by atoms with Crippen LogP contribution in [0, 0.1) is 0 Å². The molecule has 86 valence electrons. The molecule has 0 aliphatic rings. The molecule has 0 spiro atoms. The van der Waals surface area contributed by atoms with E-state index in [0.29, 0.717) is 22.8 Å². The highest BCUT2D eigenvalue weighted by Gasteiger charge is 2.11. The van der Waals surface area contributed by atoms with Gasteiger partial charge in [0.2, 0.25) is 6.41 Å². The van der Waals surface area contributed by atoms with Gasteiger partial charge in [-0.1, -0.05) is 23.2 Å². The number of hydrogen-bond donors (Lipinski definition) is 0. The minimum Gasteiger partial charge on any atom is -0.281 e. The summed E-state index contributed by atoms with van der Waals surface area (Å²) in [4.78, 5) is 16.5. The first-order chi connectivity index (χ1) is 8.22. The number of aromatic nitrogens is 1. The van der Waals surface area contributed by atoms with Crippen LogP contribution in [0.25, 0.3) is 0 Å². The predicted octanol–water partition coefficient (Wildman–Crippen LogP) is 3.68. The molecular weight excluding hydrogens is 259 g/mol. The molecular formula is C12H8Cl2N2O. The topological polar surface area (TPSA) is 33.2 Å². The second-order valence-corrected chi connectivity index (χ2v) is 4.06. The fourth-order valence-corrected chi connectivity index (χ4v) is 1.75. The third-order valence-electron chi connectivity index (χ3n) is 2.21. The van der Waals surface area contributed by atoms with Crippen LogP contribution in [0.1, 0.15) is 0 Å². The summed E-state index contributed by atoms with van der Waals surface area (Å²) in [5.41, 5.74) is 1.21. The van der Waals surface area contributed by atoms with Gasteiger partial charge in [-0.05, 0) is 36.4 Å². The summed E-state index contributed by atoms with van der Waals surface area (Å²) in [5, 5.41) is 0.881. The third-order valence-corrected chi connectivity index (χ3v) is 2.75. The van der Waals surface area contributed by atoms with Gasteiger partial charge in [-0.25, -0.2) is 4.98 Å². The number of halogens is 2. The van der Waals surface area contributed by atoms with E-state index in [1.54, 1.807) is 42.6 Å². The number of rotatable bonds is 3. The zero-order chi connectivity index (χ0) is 12.3. The zero-order valence-electron chi connectivity index (χ0n) is 8.68. The number of nitrogens with zero attached hydrogens (tertiary/aromatic N) is 2. The van der Waals surface area contributed by atoms with Gasteiger partial charge in [0, 0.05) is 16.9 Å². The number of carbonyl (C=O) groups excluding carboxylic acids is 1. The van der Waals surface area contributed by atoms with Crippen LogP contribution in [-0.2, 0) is 4.79 Å². The lowest BCUT2D eigenvalue weighted by Gasteiger charge is -2.18. The first-order valence-electron chi connectivity index (χ1n) is 4.83. The Labute approximate surface area is 109 Å². The number of benzene rings is 1. The smallest absolute Gasteiger partial charge is 0.218 e. The van der Waals surface area contributed by atoms with Gasteiger partial charge in [-0.2, -0.15) is 0 Å². The summed E-state index contributed by atoms with van der Waals surface area (Å²) in [7, 11) is 0. The van der Waals surface area contributed by atoms with Crippen molar-refractivity contribution >= 4 is 41.0 Å². The molecule has 0 aliphatic heterocycles. The standard InChI is InChI=1S/C12H8Cl2N2O/c13-9-3-5-10(6-4-9)16(8-17)11-2-1-7-15-12(11)14/h1-8H. The molecule has 0 aliphatic carbocycles. The lowest BCUT2D eigenvalue weighted by atomic mass is 10.2. The van der Waals surface area contributed by atoms with E-state index in [1.165, 1.54) is 4.90 Å². The summed E-state index contributed by atoms with van der Waals surface area (Å²) >= 11 is 11.7. The summed E-state index contributed by atoms with van der Waals surface area (Å²) in [6.45, 7) is 0. The molecule has 1 aromatic heterocycles.